The lowest BCUT2D eigenvalue weighted by atomic mass is 10.00. The van der Waals surface area contributed by atoms with Gasteiger partial charge in [0.2, 0.25) is 0 Å². The van der Waals surface area contributed by atoms with E-state index in [1.54, 1.807) is 18.4 Å². The summed E-state index contributed by atoms with van der Waals surface area (Å²) in [6, 6.07) is 8.62. The molecule has 112 valence electrons. The maximum Gasteiger partial charge on any atom is 0.134 e. The Hall–Kier alpha value is -1.52. The molecule has 1 unspecified atom stereocenters. The largest absolute Gasteiger partial charge is 0.496 e. The summed E-state index contributed by atoms with van der Waals surface area (Å²) in [5, 5.41) is 5.73. The number of thiophene rings is 1. The molecule has 0 aliphatic carbocycles. The molecule has 2 heterocycles. The van der Waals surface area contributed by atoms with Crippen molar-refractivity contribution in [1.82, 2.24) is 5.32 Å². The van der Waals surface area contributed by atoms with Crippen molar-refractivity contribution in [1.29, 1.82) is 0 Å². The van der Waals surface area contributed by atoms with Gasteiger partial charge in [0.05, 0.1) is 24.6 Å². The molecule has 0 radical (unpaired) electrons. The highest BCUT2D eigenvalue weighted by Gasteiger charge is 2.25. The predicted molar refractivity (Wildman–Crippen MR) is 86.6 cm³/mol. The van der Waals surface area contributed by atoms with Crippen LogP contribution >= 0.6 is 11.3 Å². The van der Waals surface area contributed by atoms with Gasteiger partial charge in [-0.1, -0.05) is 25.1 Å². The van der Waals surface area contributed by atoms with Crippen LogP contribution in [-0.4, -0.2) is 20.3 Å². The number of hydrogen-bond acceptors (Lipinski definition) is 4. The molecule has 0 spiro atoms. The fourth-order valence-electron chi connectivity index (χ4n) is 2.79. The third-order valence-corrected chi connectivity index (χ3v) is 4.76. The smallest absolute Gasteiger partial charge is 0.134 e. The molecule has 0 saturated carbocycles. The maximum atomic E-state index is 5.89. The van der Waals surface area contributed by atoms with Crippen molar-refractivity contribution in [2.24, 2.45) is 0 Å². The summed E-state index contributed by atoms with van der Waals surface area (Å²) in [7, 11) is 1.73. The highest BCUT2D eigenvalue weighted by molar-refractivity contribution is 7.10. The Morgan fingerprint density at radius 2 is 2.29 bits per heavy atom. The normalized spacial score (nSPS) is 14.6. The Kier molecular flexibility index (Phi) is 4.46. The second-order valence-electron chi connectivity index (χ2n) is 5.17. The summed E-state index contributed by atoms with van der Waals surface area (Å²) in [6.07, 6.45) is 2.10. The summed E-state index contributed by atoms with van der Waals surface area (Å²) in [5.74, 6) is 2.01. The quantitative estimate of drug-likeness (QED) is 0.881. The number of para-hydroxylation sites is 1. The average molecular weight is 303 g/mol. The summed E-state index contributed by atoms with van der Waals surface area (Å²) >= 11 is 1.73. The maximum absolute atomic E-state index is 5.89. The van der Waals surface area contributed by atoms with Crippen LogP contribution in [0.2, 0.25) is 0 Å². The summed E-state index contributed by atoms with van der Waals surface area (Å²) in [6.45, 7) is 3.94. The molecule has 1 N–H and O–H groups in total. The second kappa shape index (κ2) is 6.50. The first-order chi connectivity index (χ1) is 10.3. The van der Waals surface area contributed by atoms with Gasteiger partial charge in [-0.3, -0.25) is 0 Å². The van der Waals surface area contributed by atoms with E-state index in [0.29, 0.717) is 0 Å². The average Bonchev–Trinajstić information content (AvgIpc) is 3.16. The lowest BCUT2D eigenvalue weighted by molar-refractivity contribution is 0.349. The van der Waals surface area contributed by atoms with Crippen molar-refractivity contribution in [2.75, 3.05) is 20.3 Å². The number of methoxy groups -OCH3 is 1. The van der Waals surface area contributed by atoms with Crippen LogP contribution in [-0.2, 0) is 6.42 Å². The number of ether oxygens (including phenoxy) is 2. The van der Waals surface area contributed by atoms with E-state index in [0.717, 1.165) is 37.5 Å². The monoisotopic (exact) mass is 303 g/mol. The molecule has 3 nitrogen and oxygen atoms in total. The second-order valence-corrected chi connectivity index (χ2v) is 6.12. The Morgan fingerprint density at radius 3 is 3.10 bits per heavy atom. The molecule has 1 aliphatic rings. The van der Waals surface area contributed by atoms with E-state index in [1.165, 1.54) is 16.0 Å². The first-order valence-corrected chi connectivity index (χ1v) is 8.32. The minimum atomic E-state index is 0.132. The van der Waals surface area contributed by atoms with Crippen molar-refractivity contribution in [2.45, 2.75) is 25.8 Å². The number of hydrogen-bond donors (Lipinski definition) is 1. The van der Waals surface area contributed by atoms with Gasteiger partial charge < -0.3 is 14.8 Å². The third-order valence-electron chi connectivity index (χ3n) is 3.79. The zero-order chi connectivity index (χ0) is 14.7. The molecule has 21 heavy (non-hydrogen) atoms. The van der Waals surface area contributed by atoms with Crippen molar-refractivity contribution >= 4 is 11.3 Å². The number of benzene rings is 1. The van der Waals surface area contributed by atoms with Gasteiger partial charge in [-0.15, -0.1) is 11.3 Å². The predicted octanol–water partition coefficient (Wildman–Crippen LogP) is 3.78. The summed E-state index contributed by atoms with van der Waals surface area (Å²) < 4.78 is 11.4. The molecule has 0 bridgehead atoms. The van der Waals surface area contributed by atoms with Crippen LogP contribution in [0.15, 0.2) is 29.6 Å². The van der Waals surface area contributed by atoms with E-state index in [2.05, 4.69) is 35.8 Å². The highest BCUT2D eigenvalue weighted by Crippen LogP contribution is 2.41. The number of fused-ring (bicyclic) bond motifs is 1. The highest BCUT2D eigenvalue weighted by atomic mass is 32.1. The topological polar surface area (TPSA) is 30.5 Å². The molecule has 1 aliphatic heterocycles. The Morgan fingerprint density at radius 1 is 1.38 bits per heavy atom. The van der Waals surface area contributed by atoms with Crippen molar-refractivity contribution in [3.8, 4) is 11.5 Å². The van der Waals surface area contributed by atoms with Crippen molar-refractivity contribution < 1.29 is 9.47 Å². The van der Waals surface area contributed by atoms with Gasteiger partial charge in [0.25, 0.3) is 0 Å². The van der Waals surface area contributed by atoms with Crippen molar-refractivity contribution in [3.05, 3.63) is 45.6 Å². The first kappa shape index (κ1) is 14.4. The summed E-state index contributed by atoms with van der Waals surface area (Å²) in [4.78, 5) is 1.22. The standard InChI is InChI=1S/C17H21NO2S/c1-3-9-18-15(17-14(19-2)8-11-21-17)13-6-4-5-12-7-10-20-16(12)13/h4-6,8,11,15,18H,3,7,9-10H2,1-2H3. The molecule has 1 aromatic heterocycles. The molecule has 0 amide bonds. The van der Waals surface area contributed by atoms with E-state index in [-0.39, 0.29) is 6.04 Å². The van der Waals surface area contributed by atoms with Crippen LogP contribution in [0, 0.1) is 0 Å². The molecule has 0 saturated heterocycles. The van der Waals surface area contributed by atoms with Crippen molar-refractivity contribution in [3.63, 3.8) is 0 Å². The molecule has 2 aromatic rings. The molecular formula is C17H21NO2S. The van der Waals surface area contributed by atoms with E-state index in [4.69, 9.17) is 9.47 Å². The molecule has 1 aromatic carbocycles. The zero-order valence-electron chi connectivity index (χ0n) is 12.5. The van der Waals surface area contributed by atoms with Crippen LogP contribution in [0.3, 0.4) is 0 Å². The van der Waals surface area contributed by atoms with Crippen LogP contribution in [0.4, 0.5) is 0 Å². The zero-order valence-corrected chi connectivity index (χ0v) is 13.3. The number of nitrogens with one attached hydrogen (secondary N) is 1. The number of rotatable bonds is 6. The Bertz CT molecular complexity index is 609. The SMILES string of the molecule is CCCNC(c1cccc2c1OCC2)c1sccc1OC. The van der Waals surface area contributed by atoms with E-state index >= 15 is 0 Å². The van der Waals surface area contributed by atoms with E-state index in [9.17, 15) is 0 Å². The first-order valence-electron chi connectivity index (χ1n) is 7.44. The van der Waals surface area contributed by atoms with Gasteiger partial charge in [0.1, 0.15) is 11.5 Å². The molecule has 0 fully saturated rings. The Labute approximate surface area is 129 Å². The lowest BCUT2D eigenvalue weighted by Gasteiger charge is -2.21. The molecule has 1 atom stereocenters. The molecule has 3 rings (SSSR count). The lowest BCUT2D eigenvalue weighted by Crippen LogP contribution is -2.23. The van der Waals surface area contributed by atoms with Gasteiger partial charge in [0.15, 0.2) is 0 Å². The van der Waals surface area contributed by atoms with Gasteiger partial charge in [-0.05, 0) is 30.0 Å². The molecule has 4 heteroatoms. The fraction of sp³-hybridized carbons (Fsp3) is 0.412. The molecular weight excluding hydrogens is 282 g/mol. The van der Waals surface area contributed by atoms with Crippen LogP contribution in [0.5, 0.6) is 11.5 Å². The van der Waals surface area contributed by atoms with Crippen LogP contribution < -0.4 is 14.8 Å². The minimum Gasteiger partial charge on any atom is -0.496 e. The third kappa shape index (κ3) is 2.78. The van der Waals surface area contributed by atoms with Gasteiger partial charge in [-0.2, -0.15) is 0 Å². The Balaban J connectivity index is 2.02. The van der Waals surface area contributed by atoms with Gasteiger partial charge >= 0.3 is 0 Å². The summed E-state index contributed by atoms with van der Waals surface area (Å²) in [5.41, 5.74) is 2.53. The van der Waals surface area contributed by atoms with Gasteiger partial charge in [0, 0.05) is 12.0 Å². The van der Waals surface area contributed by atoms with Crippen LogP contribution in [0.1, 0.15) is 35.4 Å². The fourth-order valence-corrected chi connectivity index (χ4v) is 3.74. The minimum absolute atomic E-state index is 0.132. The van der Waals surface area contributed by atoms with E-state index in [1.807, 2.05) is 6.07 Å². The van der Waals surface area contributed by atoms with E-state index < -0.39 is 0 Å². The van der Waals surface area contributed by atoms with Crippen LogP contribution in [0.25, 0.3) is 0 Å². The van der Waals surface area contributed by atoms with Gasteiger partial charge in [-0.25, -0.2) is 0 Å².